The topological polar surface area (TPSA) is 32.3 Å². The summed E-state index contributed by atoms with van der Waals surface area (Å²) in [6, 6.07) is 0.691. The zero-order valence-electron chi connectivity index (χ0n) is 10.5. The van der Waals surface area contributed by atoms with Crippen molar-refractivity contribution in [3.05, 3.63) is 0 Å². The molecule has 1 atom stereocenters. The lowest BCUT2D eigenvalue weighted by Gasteiger charge is -2.30. The fraction of sp³-hybridized carbons (Fsp3) is 0.923. The Kier molecular flexibility index (Phi) is 3.85. The Hall–Kier alpha value is -0.570. The molecule has 1 aliphatic carbocycles. The van der Waals surface area contributed by atoms with Gasteiger partial charge in [0.15, 0.2) is 0 Å². The molecule has 0 aromatic rings. The lowest BCUT2D eigenvalue weighted by atomic mass is 9.84. The van der Waals surface area contributed by atoms with Crippen molar-refractivity contribution in [2.24, 2.45) is 5.92 Å². The number of nitrogens with one attached hydrogen (secondary N) is 1. The van der Waals surface area contributed by atoms with Gasteiger partial charge in [-0.3, -0.25) is 4.79 Å². The van der Waals surface area contributed by atoms with Crippen LogP contribution in [0.1, 0.15) is 45.4 Å². The number of rotatable bonds is 3. The van der Waals surface area contributed by atoms with Gasteiger partial charge in [-0.15, -0.1) is 0 Å². The molecule has 1 N–H and O–H groups in total. The van der Waals surface area contributed by atoms with Crippen molar-refractivity contribution < 1.29 is 4.79 Å². The van der Waals surface area contributed by atoms with Gasteiger partial charge in [-0.05, 0) is 38.0 Å². The van der Waals surface area contributed by atoms with Crippen LogP contribution in [0.4, 0.5) is 0 Å². The monoisotopic (exact) mass is 224 g/mol. The molecule has 0 aromatic carbocycles. The van der Waals surface area contributed by atoms with Gasteiger partial charge in [-0.25, -0.2) is 0 Å². The second-order valence-corrected chi connectivity index (χ2v) is 5.39. The number of carbonyl (C=O) groups is 1. The minimum Gasteiger partial charge on any atom is -0.344 e. The van der Waals surface area contributed by atoms with E-state index < -0.39 is 0 Å². The Bertz CT molecular complexity index is 246. The van der Waals surface area contributed by atoms with Crippen LogP contribution < -0.4 is 5.32 Å². The van der Waals surface area contributed by atoms with Gasteiger partial charge in [0.2, 0.25) is 5.91 Å². The molecule has 0 radical (unpaired) electrons. The average molecular weight is 224 g/mol. The first-order valence-electron chi connectivity index (χ1n) is 6.71. The number of carbonyl (C=O) groups excluding carboxylic acids is 1. The normalized spacial score (nSPS) is 35.8. The van der Waals surface area contributed by atoms with E-state index in [1.165, 1.54) is 32.1 Å². The number of likely N-dealkylation sites (tertiary alicyclic amines) is 1. The van der Waals surface area contributed by atoms with E-state index in [-0.39, 0.29) is 11.9 Å². The molecule has 2 fully saturated rings. The Balaban J connectivity index is 1.77. The maximum Gasteiger partial charge on any atom is 0.239 e. The van der Waals surface area contributed by atoms with Crippen molar-refractivity contribution in [1.29, 1.82) is 0 Å². The standard InChI is InChI=1S/C13H24N2O/c1-3-10-4-6-11(7-5-10)14-12-8-9-15(2)13(12)16/h10-12,14H,3-9H2,1-2H3. The molecule has 3 nitrogen and oxygen atoms in total. The van der Waals surface area contributed by atoms with Gasteiger partial charge in [0, 0.05) is 19.6 Å². The van der Waals surface area contributed by atoms with Gasteiger partial charge in [-0.2, -0.15) is 0 Å². The number of amides is 1. The third kappa shape index (κ3) is 2.57. The van der Waals surface area contributed by atoms with Crippen LogP contribution in [-0.4, -0.2) is 36.5 Å². The summed E-state index contributed by atoms with van der Waals surface area (Å²) in [4.78, 5) is 13.6. The third-order valence-corrected chi connectivity index (χ3v) is 4.29. The first-order chi connectivity index (χ1) is 7.70. The number of hydrogen-bond acceptors (Lipinski definition) is 2. The first-order valence-corrected chi connectivity index (χ1v) is 6.71. The molecule has 1 unspecified atom stereocenters. The molecule has 2 aliphatic rings. The molecule has 0 bridgehead atoms. The maximum atomic E-state index is 11.8. The third-order valence-electron chi connectivity index (χ3n) is 4.29. The van der Waals surface area contributed by atoms with Crippen LogP contribution in [0.5, 0.6) is 0 Å². The van der Waals surface area contributed by atoms with Crippen LogP contribution in [0.3, 0.4) is 0 Å². The van der Waals surface area contributed by atoms with Crippen LogP contribution in [0.2, 0.25) is 0 Å². The molecular formula is C13H24N2O. The van der Waals surface area contributed by atoms with E-state index in [4.69, 9.17) is 0 Å². The molecule has 0 spiro atoms. The lowest BCUT2D eigenvalue weighted by molar-refractivity contribution is -0.128. The van der Waals surface area contributed by atoms with Crippen LogP contribution in [0.25, 0.3) is 0 Å². The summed E-state index contributed by atoms with van der Waals surface area (Å²) < 4.78 is 0. The molecule has 1 heterocycles. The molecule has 2 rings (SSSR count). The summed E-state index contributed by atoms with van der Waals surface area (Å²) in [5.41, 5.74) is 0. The highest BCUT2D eigenvalue weighted by molar-refractivity contribution is 5.83. The summed E-state index contributed by atoms with van der Waals surface area (Å²) in [5.74, 6) is 1.22. The first kappa shape index (κ1) is 11.9. The Morgan fingerprint density at radius 2 is 1.94 bits per heavy atom. The van der Waals surface area contributed by atoms with Crippen LogP contribution >= 0.6 is 0 Å². The van der Waals surface area contributed by atoms with Crippen molar-refractivity contribution >= 4 is 5.91 Å². The minimum absolute atomic E-state index is 0.105. The molecule has 0 aromatic heterocycles. The maximum absolute atomic E-state index is 11.8. The second-order valence-electron chi connectivity index (χ2n) is 5.39. The lowest BCUT2D eigenvalue weighted by Crippen LogP contribution is -2.44. The van der Waals surface area contributed by atoms with Gasteiger partial charge in [0.1, 0.15) is 0 Å². The molecule has 1 aliphatic heterocycles. The largest absolute Gasteiger partial charge is 0.344 e. The van der Waals surface area contributed by atoms with E-state index in [0.29, 0.717) is 6.04 Å². The summed E-state index contributed by atoms with van der Waals surface area (Å²) in [6.45, 7) is 3.20. The van der Waals surface area contributed by atoms with Crippen molar-refractivity contribution in [3.8, 4) is 0 Å². The molecule has 1 amide bonds. The van der Waals surface area contributed by atoms with Gasteiger partial charge < -0.3 is 10.2 Å². The highest BCUT2D eigenvalue weighted by Crippen LogP contribution is 2.27. The SMILES string of the molecule is CCC1CCC(NC2CCN(C)C2=O)CC1. The molecule has 16 heavy (non-hydrogen) atoms. The number of nitrogens with zero attached hydrogens (tertiary/aromatic N) is 1. The smallest absolute Gasteiger partial charge is 0.239 e. The Labute approximate surface area is 98.6 Å². The van der Waals surface area contributed by atoms with Gasteiger partial charge in [0.25, 0.3) is 0 Å². The van der Waals surface area contributed by atoms with Crippen molar-refractivity contribution in [2.45, 2.75) is 57.5 Å². The van der Waals surface area contributed by atoms with Crippen LogP contribution in [-0.2, 0) is 4.79 Å². The van der Waals surface area contributed by atoms with Crippen LogP contribution in [0, 0.1) is 5.92 Å². The van der Waals surface area contributed by atoms with Gasteiger partial charge in [0.05, 0.1) is 6.04 Å². The van der Waals surface area contributed by atoms with E-state index in [1.54, 1.807) is 0 Å². The van der Waals surface area contributed by atoms with E-state index in [2.05, 4.69) is 12.2 Å². The fourth-order valence-electron chi connectivity index (χ4n) is 3.00. The predicted octanol–water partition coefficient (Wildman–Crippen LogP) is 1.78. The fourth-order valence-corrected chi connectivity index (χ4v) is 3.00. The van der Waals surface area contributed by atoms with E-state index in [1.807, 2.05) is 11.9 Å². The van der Waals surface area contributed by atoms with E-state index >= 15 is 0 Å². The zero-order valence-corrected chi connectivity index (χ0v) is 10.5. The molecular weight excluding hydrogens is 200 g/mol. The summed E-state index contributed by atoms with van der Waals surface area (Å²) >= 11 is 0. The highest BCUT2D eigenvalue weighted by atomic mass is 16.2. The Morgan fingerprint density at radius 1 is 1.25 bits per heavy atom. The predicted molar refractivity (Wildman–Crippen MR) is 65.2 cm³/mol. The highest BCUT2D eigenvalue weighted by Gasteiger charge is 2.31. The molecule has 92 valence electrons. The van der Waals surface area contributed by atoms with Gasteiger partial charge >= 0.3 is 0 Å². The number of likely N-dealkylation sites (N-methyl/N-ethyl adjacent to an activating group) is 1. The zero-order chi connectivity index (χ0) is 11.5. The van der Waals surface area contributed by atoms with Crippen LogP contribution in [0.15, 0.2) is 0 Å². The molecule has 1 saturated carbocycles. The Morgan fingerprint density at radius 3 is 2.44 bits per heavy atom. The number of hydrogen-bond donors (Lipinski definition) is 1. The van der Waals surface area contributed by atoms with E-state index in [0.717, 1.165) is 18.9 Å². The van der Waals surface area contributed by atoms with Crippen molar-refractivity contribution in [3.63, 3.8) is 0 Å². The summed E-state index contributed by atoms with van der Waals surface area (Å²) in [7, 11) is 1.90. The van der Waals surface area contributed by atoms with Crippen molar-refractivity contribution in [1.82, 2.24) is 10.2 Å². The summed E-state index contributed by atoms with van der Waals surface area (Å²) in [6.07, 6.45) is 7.49. The van der Waals surface area contributed by atoms with Crippen molar-refractivity contribution in [2.75, 3.05) is 13.6 Å². The quantitative estimate of drug-likeness (QED) is 0.792. The minimum atomic E-state index is 0.105. The molecule has 1 saturated heterocycles. The molecule has 3 heteroatoms. The van der Waals surface area contributed by atoms with E-state index in [9.17, 15) is 4.79 Å². The average Bonchev–Trinajstić information content (AvgIpc) is 2.62. The second kappa shape index (κ2) is 5.17. The van der Waals surface area contributed by atoms with Gasteiger partial charge in [-0.1, -0.05) is 13.3 Å². The summed E-state index contributed by atoms with van der Waals surface area (Å²) in [5, 5.41) is 3.55.